The second kappa shape index (κ2) is 45.0. The van der Waals surface area contributed by atoms with Crippen LogP contribution < -0.4 is 50.8 Å². The maximum Gasteiger partial charge on any atom is 1.00 e. The molecule has 30 nitrogen and oxygen atoms in total. The van der Waals surface area contributed by atoms with Gasteiger partial charge in [0, 0.05) is 141 Å². The summed E-state index contributed by atoms with van der Waals surface area (Å²) in [6, 6.07) is 34.1. The minimum atomic E-state index is -0.927. The number of aromatic amines is 2. The van der Waals surface area contributed by atoms with Crippen molar-refractivity contribution in [3.8, 4) is 0 Å². The number of fused-ring (bicyclic) bond motifs is 4. The zero-order chi connectivity index (χ0) is 86.6. The van der Waals surface area contributed by atoms with E-state index in [0.717, 1.165) is 112 Å². The second-order valence-corrected chi connectivity index (χ2v) is 29.2. The summed E-state index contributed by atoms with van der Waals surface area (Å²) in [6.07, 6.45) is 13.9. The molecule has 33 heteroatoms. The number of hydrogen-bond acceptors (Lipinski definition) is 18. The normalized spacial score (nSPS) is 11.9. The van der Waals surface area contributed by atoms with Crippen LogP contribution >= 0.6 is 23.4 Å². The van der Waals surface area contributed by atoms with Crippen molar-refractivity contribution in [1.29, 1.82) is 0 Å². The topological polar surface area (TPSA) is 364 Å². The Morgan fingerprint density at radius 1 is 0.463 bits per heavy atom. The van der Waals surface area contributed by atoms with Crippen LogP contribution in [0.15, 0.2) is 168 Å². The van der Waals surface area contributed by atoms with Crippen LogP contribution in [-0.4, -0.2) is 119 Å². The molecule has 121 heavy (non-hydrogen) atoms. The molecule has 4 unspecified atom stereocenters. The van der Waals surface area contributed by atoms with Gasteiger partial charge in [0.25, 0.3) is 17.0 Å². The minimum Gasteiger partial charge on any atom is -0.870 e. The fraction of sp³-hybridized carbons (Fsp3) is 0.341. The maximum atomic E-state index is 13.2. The quantitative estimate of drug-likeness (QED) is 0.0142. The molecule has 4 atom stereocenters. The van der Waals surface area contributed by atoms with Gasteiger partial charge in [-0.15, -0.1) is 11.6 Å². The van der Waals surface area contributed by atoms with Gasteiger partial charge >= 0.3 is 47.5 Å². The molecule has 0 aliphatic heterocycles. The van der Waals surface area contributed by atoms with Gasteiger partial charge in [0.15, 0.2) is 0 Å². The number of aryl methyl sites for hydroxylation is 8. The van der Waals surface area contributed by atoms with Gasteiger partial charge in [-0.3, -0.25) is 33.1 Å². The van der Waals surface area contributed by atoms with Gasteiger partial charge in [-0.1, -0.05) is 0 Å². The van der Waals surface area contributed by atoms with Crippen molar-refractivity contribution in [2.24, 2.45) is 28.2 Å². The van der Waals surface area contributed by atoms with Crippen molar-refractivity contribution < 1.29 is 88.1 Å². The van der Waals surface area contributed by atoms with Crippen LogP contribution in [0.5, 0.6) is 0 Å². The third-order valence-electron chi connectivity index (χ3n) is 19.8. The zero-order valence-corrected chi connectivity index (χ0v) is 75.4. The van der Waals surface area contributed by atoms with Crippen LogP contribution in [-0.2, 0) is 90.7 Å². The van der Waals surface area contributed by atoms with E-state index in [-0.39, 0.29) is 88.9 Å². The summed E-state index contributed by atoms with van der Waals surface area (Å²) in [7, 11) is 7.48. The van der Waals surface area contributed by atoms with Gasteiger partial charge in [-0.2, -0.15) is 20.4 Å². The van der Waals surface area contributed by atoms with Gasteiger partial charge in [-0.25, -0.2) is 19.2 Å². The Labute approximate surface area is 734 Å². The Bertz CT molecular complexity index is 5980. The standard InChI is InChI=1S/C25H29N5O3.C19H23N3O3.C17H19N3O3.C14H17NO3.C8H11ClN2O.C5H7ClN2.Na.H2O/c1-15-11-16(2)27-25(32)22(15)13-26-24(31)21-12-20-7-6-9-30(20)23(17(21)3)18(4)33-14-19-8-10-29(5)28-19;1-5-24-19(23)17-11-16-7-6-9-22(16)18(13(17)2)14(3)25-12-15-8-10-21(4)20-15;1-11-15(17(21)22)9-14-5-4-7-20(14)16(11)12(2)23-10-13-6-8-19(3)18-13;1-4-18-14(17)12-8-11-6-5-7-15(11)13(9(12)2)10(3)16;1-5-3-6(2)11-8(12)7(5)4-10-9;1-8-3-2-5(4-6)7-8;;/h6-12,18H,13-14H2,1-5H3,(H,26,31)(H,27,32);6-11,14H,5,12H2,1-4H3;4-9,12H,10H2,1-3H3,(H,21,22);5-8,10,16H,4H2,1-3H3;3,10H,4H2,1-2H3,(H,11,12);2-3H,4H2,1H3;;1H2/q;;;;;;+1;/p-1. The van der Waals surface area contributed by atoms with E-state index in [1.807, 2.05) is 271 Å². The molecule has 0 saturated heterocycles. The van der Waals surface area contributed by atoms with Gasteiger partial charge < -0.3 is 72.3 Å². The number of carboxylic acid groups (broad SMARTS) is 1. The largest absolute Gasteiger partial charge is 1.00 e. The number of hydrogen-bond donors (Lipinski definition) is 6. The molecule has 0 aliphatic carbocycles. The maximum absolute atomic E-state index is 13.2. The van der Waals surface area contributed by atoms with Crippen LogP contribution in [0.3, 0.4) is 0 Å². The fourth-order valence-corrected chi connectivity index (χ4v) is 14.4. The number of ether oxygens (including phenoxy) is 5. The third kappa shape index (κ3) is 24.9. The summed E-state index contributed by atoms with van der Waals surface area (Å²) in [5.41, 5.74) is 20.1. The van der Waals surface area contributed by atoms with Crippen molar-refractivity contribution in [3.63, 3.8) is 0 Å². The summed E-state index contributed by atoms with van der Waals surface area (Å²) in [6.45, 7) is 28.5. The molecular formula is C88H107Cl2N16NaO14. The first-order chi connectivity index (χ1) is 56.7. The molecule has 0 aromatic carbocycles. The molecule has 14 aromatic heterocycles. The molecule has 14 heterocycles. The SMILES string of the molecule is CCOC(=O)c1cc2cccn2c(C(C)O)c1C.CCOC(=O)c1cc2cccn2c(C(C)OCc2ccn(C)n2)c1C.Cc1c(C(=O)O)cc2cccn2c1C(C)OCc1ccn(C)n1.Cc1cc(C)c(CNC(=O)c2cc3cccn3c(C(C)OCc3ccn(C)n3)c2C)c(=O)[nH]1.Cc1cc(C)c(CNCl)c(=O)[nH]1.Cn1ccc(CCl)n1.[Na+].[OH-]. The molecule has 14 rings (SSSR count). The summed E-state index contributed by atoms with van der Waals surface area (Å²) < 4.78 is 43.2. The molecule has 0 bridgehead atoms. The Balaban J connectivity index is 0.000000208. The Hall–Kier alpha value is -11.0. The van der Waals surface area contributed by atoms with Gasteiger partial charge in [0.2, 0.25) is 0 Å². The number of aliphatic hydroxyl groups is 1. The molecule has 0 radical (unpaired) electrons. The number of alkyl halides is 1. The predicted molar refractivity (Wildman–Crippen MR) is 459 cm³/mol. The van der Waals surface area contributed by atoms with Crippen molar-refractivity contribution in [2.45, 2.75) is 160 Å². The van der Waals surface area contributed by atoms with Crippen LogP contribution in [0, 0.1) is 55.4 Å². The van der Waals surface area contributed by atoms with Crippen molar-refractivity contribution >= 4 is 69.3 Å². The molecule has 0 aliphatic rings. The summed E-state index contributed by atoms with van der Waals surface area (Å²) in [5.74, 6) is -1.30. The number of carbonyl (C=O) groups excluding carboxylic acids is 3. The number of esters is 2. The number of aromatic carboxylic acids is 1. The van der Waals surface area contributed by atoms with Crippen LogP contribution in [0.1, 0.15) is 209 Å². The molecule has 7 N–H and O–H groups in total. The average Bonchev–Trinajstić information content (AvgIpc) is 1.67. The van der Waals surface area contributed by atoms with Crippen molar-refractivity contribution in [1.82, 2.24) is 76.8 Å². The average molecular weight is 1710 g/mol. The van der Waals surface area contributed by atoms with E-state index in [1.54, 1.807) is 44.7 Å². The smallest absolute Gasteiger partial charge is 0.870 e. The van der Waals surface area contributed by atoms with E-state index >= 15 is 0 Å². The fourth-order valence-electron chi connectivity index (χ4n) is 14.1. The summed E-state index contributed by atoms with van der Waals surface area (Å²) >= 11 is 10.8. The van der Waals surface area contributed by atoms with Gasteiger partial charge in [0.1, 0.15) is 0 Å². The molecule has 1 amide bonds. The van der Waals surface area contributed by atoms with Crippen molar-refractivity contribution in [2.75, 3.05) is 13.2 Å². The molecule has 0 saturated carbocycles. The number of halogens is 2. The first-order valence-corrected chi connectivity index (χ1v) is 39.7. The number of carbonyl (C=O) groups is 4. The number of amides is 1. The Morgan fingerprint density at radius 2 is 0.777 bits per heavy atom. The predicted octanol–water partition coefficient (Wildman–Crippen LogP) is 11.6. The Morgan fingerprint density at radius 3 is 1.08 bits per heavy atom. The number of aliphatic hydroxyl groups excluding tert-OH is 1. The third-order valence-corrected chi connectivity index (χ3v) is 20.2. The van der Waals surface area contributed by atoms with E-state index in [0.29, 0.717) is 78.8 Å². The van der Waals surface area contributed by atoms with Crippen LogP contribution in [0.4, 0.5) is 0 Å². The zero-order valence-electron chi connectivity index (χ0n) is 71.9. The van der Waals surface area contributed by atoms with Crippen LogP contribution in [0.2, 0.25) is 0 Å². The van der Waals surface area contributed by atoms with E-state index in [4.69, 9.17) is 47.1 Å². The van der Waals surface area contributed by atoms with E-state index in [1.165, 1.54) is 0 Å². The molecule has 638 valence electrons. The van der Waals surface area contributed by atoms with E-state index < -0.39 is 12.1 Å². The number of aromatic nitrogens is 14. The first-order valence-electron chi connectivity index (χ1n) is 38.8. The number of carboxylic acids is 1. The van der Waals surface area contributed by atoms with Crippen LogP contribution in [0.25, 0.3) is 22.1 Å². The molecule has 0 fully saturated rings. The molecular weight excluding hydrogens is 1600 g/mol. The van der Waals surface area contributed by atoms with E-state index in [2.05, 4.69) is 44.9 Å². The second-order valence-electron chi connectivity index (χ2n) is 28.7. The number of rotatable bonds is 24. The number of H-pyrrole nitrogens is 2. The first kappa shape index (κ1) is 97.1. The monoisotopic (exact) mass is 1700 g/mol. The number of nitrogens with zero attached hydrogens (tertiary/aromatic N) is 12. The van der Waals surface area contributed by atoms with Crippen molar-refractivity contribution in [3.05, 3.63) is 303 Å². The minimum absolute atomic E-state index is 0. The Kier molecular flexibility index (Phi) is 36.2. The van der Waals surface area contributed by atoms with Gasteiger partial charge in [0.05, 0.1) is 126 Å². The molecule has 14 aromatic rings. The van der Waals surface area contributed by atoms with Gasteiger partial charge in [-0.05, 0) is 251 Å². The number of nitrogens with one attached hydrogen (secondary N) is 4. The number of pyridine rings is 6. The molecule has 0 spiro atoms. The summed E-state index contributed by atoms with van der Waals surface area (Å²) in [5, 5.41) is 39.2. The summed E-state index contributed by atoms with van der Waals surface area (Å²) in [4.78, 5) is 80.4. The van der Waals surface area contributed by atoms with E-state index in [9.17, 15) is 39.0 Å².